The summed E-state index contributed by atoms with van der Waals surface area (Å²) in [4.78, 5) is 28.2. The summed E-state index contributed by atoms with van der Waals surface area (Å²) >= 11 is 0. The molecule has 1 aliphatic heterocycles. The molecule has 1 aromatic rings. The average Bonchev–Trinajstić information content (AvgIpc) is 3.31. The molecule has 0 bridgehead atoms. The SMILES string of the molecule is CC(C)[C@@H](C(=O)NC1CCCCC1)N(C[C@@H]1CCCO1)C(=O)CNS(=O)(=O)c1ccccc1. The van der Waals surface area contributed by atoms with Crippen LogP contribution >= 0.6 is 0 Å². The molecular formula is C24H37N3O5S. The molecule has 33 heavy (non-hydrogen) atoms. The van der Waals surface area contributed by atoms with Gasteiger partial charge in [0, 0.05) is 19.2 Å². The molecule has 0 unspecified atom stereocenters. The van der Waals surface area contributed by atoms with E-state index in [-0.39, 0.29) is 35.4 Å². The molecule has 0 spiro atoms. The van der Waals surface area contributed by atoms with Crippen molar-refractivity contribution in [1.29, 1.82) is 0 Å². The summed E-state index contributed by atoms with van der Waals surface area (Å²) in [7, 11) is -3.83. The molecule has 1 aliphatic carbocycles. The monoisotopic (exact) mass is 479 g/mol. The molecule has 2 aliphatic rings. The van der Waals surface area contributed by atoms with Crippen LogP contribution in [0.2, 0.25) is 0 Å². The number of ether oxygens (including phenoxy) is 1. The third kappa shape index (κ3) is 7.25. The van der Waals surface area contributed by atoms with Crippen LogP contribution in [0.3, 0.4) is 0 Å². The van der Waals surface area contributed by atoms with E-state index in [9.17, 15) is 18.0 Å². The van der Waals surface area contributed by atoms with Gasteiger partial charge in [-0.3, -0.25) is 9.59 Å². The molecule has 184 valence electrons. The van der Waals surface area contributed by atoms with Crippen LogP contribution in [-0.4, -0.2) is 63.0 Å². The van der Waals surface area contributed by atoms with Gasteiger partial charge in [-0.05, 0) is 43.7 Å². The van der Waals surface area contributed by atoms with Crippen molar-refractivity contribution in [2.24, 2.45) is 5.92 Å². The largest absolute Gasteiger partial charge is 0.376 e. The molecule has 2 atom stereocenters. The number of nitrogens with one attached hydrogen (secondary N) is 2. The maximum absolute atomic E-state index is 13.3. The number of hydrogen-bond acceptors (Lipinski definition) is 5. The Morgan fingerprint density at radius 2 is 1.76 bits per heavy atom. The Kier molecular flexibility index (Phi) is 9.28. The van der Waals surface area contributed by atoms with Crippen molar-refractivity contribution in [3.05, 3.63) is 30.3 Å². The predicted octanol–water partition coefficient (Wildman–Crippen LogP) is 2.45. The number of nitrogens with zero attached hydrogens (tertiary/aromatic N) is 1. The van der Waals surface area contributed by atoms with E-state index in [0.717, 1.165) is 38.5 Å². The van der Waals surface area contributed by atoms with E-state index in [2.05, 4.69) is 10.0 Å². The Morgan fingerprint density at radius 1 is 1.06 bits per heavy atom. The Hall–Kier alpha value is -1.97. The lowest BCUT2D eigenvalue weighted by Gasteiger charge is -2.36. The minimum atomic E-state index is -3.83. The van der Waals surface area contributed by atoms with Crippen LogP contribution in [0.5, 0.6) is 0 Å². The number of carbonyl (C=O) groups is 2. The lowest BCUT2D eigenvalue weighted by molar-refractivity contribution is -0.143. The maximum Gasteiger partial charge on any atom is 0.243 e. The Balaban J connectivity index is 1.74. The minimum absolute atomic E-state index is 0.0962. The standard InChI is InChI=1S/C24H37N3O5S/c1-18(2)23(24(29)26-19-10-5-3-6-11-19)27(17-20-12-9-15-32-20)22(28)16-25-33(30,31)21-13-7-4-8-14-21/h4,7-8,13-14,18-20,23,25H,3,5-6,9-12,15-17H2,1-2H3,(H,26,29)/t20-,23-/m0/s1. The van der Waals surface area contributed by atoms with Gasteiger partial charge in [-0.25, -0.2) is 13.1 Å². The zero-order valence-electron chi connectivity index (χ0n) is 19.7. The molecule has 1 heterocycles. The zero-order valence-corrected chi connectivity index (χ0v) is 20.5. The number of hydrogen-bond donors (Lipinski definition) is 2. The van der Waals surface area contributed by atoms with E-state index in [1.807, 2.05) is 13.8 Å². The highest BCUT2D eigenvalue weighted by Gasteiger charge is 2.36. The molecule has 2 fully saturated rings. The number of benzene rings is 1. The van der Waals surface area contributed by atoms with Crippen LogP contribution in [0.4, 0.5) is 0 Å². The van der Waals surface area contributed by atoms with Gasteiger partial charge in [0.25, 0.3) is 0 Å². The number of carbonyl (C=O) groups excluding carboxylic acids is 2. The lowest BCUT2D eigenvalue weighted by atomic mass is 9.94. The van der Waals surface area contributed by atoms with Gasteiger partial charge >= 0.3 is 0 Å². The second-order valence-corrected chi connectivity index (χ2v) is 11.1. The Morgan fingerprint density at radius 3 is 2.36 bits per heavy atom. The van der Waals surface area contributed by atoms with Gasteiger partial charge in [0.05, 0.1) is 17.5 Å². The molecule has 1 saturated carbocycles. The number of amides is 2. The van der Waals surface area contributed by atoms with Crippen LogP contribution in [0.1, 0.15) is 58.8 Å². The highest BCUT2D eigenvalue weighted by molar-refractivity contribution is 7.89. The van der Waals surface area contributed by atoms with Crippen molar-refractivity contribution in [3.63, 3.8) is 0 Å². The second kappa shape index (κ2) is 11.9. The van der Waals surface area contributed by atoms with Gasteiger partial charge in [0.15, 0.2) is 0 Å². The molecule has 3 rings (SSSR count). The van der Waals surface area contributed by atoms with Crippen molar-refractivity contribution < 1.29 is 22.7 Å². The summed E-state index contributed by atoms with van der Waals surface area (Å²) in [6, 6.07) is 7.38. The molecule has 9 heteroatoms. The van der Waals surface area contributed by atoms with Gasteiger partial charge in [0.1, 0.15) is 6.04 Å². The van der Waals surface area contributed by atoms with Crippen molar-refractivity contribution >= 4 is 21.8 Å². The molecule has 0 radical (unpaired) electrons. The highest BCUT2D eigenvalue weighted by atomic mass is 32.2. The molecule has 2 amide bonds. The summed E-state index contributed by atoms with van der Waals surface area (Å²) in [6.45, 7) is 4.31. The van der Waals surface area contributed by atoms with Gasteiger partial charge in [-0.15, -0.1) is 0 Å². The van der Waals surface area contributed by atoms with E-state index in [4.69, 9.17) is 4.74 Å². The fraction of sp³-hybridized carbons (Fsp3) is 0.667. The van der Waals surface area contributed by atoms with E-state index < -0.39 is 28.5 Å². The van der Waals surface area contributed by atoms with Gasteiger partial charge in [-0.2, -0.15) is 0 Å². The molecular weight excluding hydrogens is 442 g/mol. The first-order chi connectivity index (χ1) is 15.8. The average molecular weight is 480 g/mol. The normalized spacial score (nSPS) is 20.5. The number of sulfonamides is 1. The molecule has 1 saturated heterocycles. The molecule has 1 aromatic carbocycles. The highest BCUT2D eigenvalue weighted by Crippen LogP contribution is 2.21. The van der Waals surface area contributed by atoms with Crippen molar-refractivity contribution in [2.45, 2.75) is 81.9 Å². The molecule has 2 N–H and O–H groups in total. The van der Waals surface area contributed by atoms with Crippen LogP contribution < -0.4 is 10.0 Å². The molecule has 0 aromatic heterocycles. The fourth-order valence-corrected chi connectivity index (χ4v) is 5.65. The Bertz CT molecular complexity index is 879. The summed E-state index contributed by atoms with van der Waals surface area (Å²) in [6.07, 6.45) is 6.85. The molecule has 8 nitrogen and oxygen atoms in total. The first-order valence-electron chi connectivity index (χ1n) is 12.0. The zero-order chi connectivity index (χ0) is 23.8. The minimum Gasteiger partial charge on any atom is -0.376 e. The first kappa shape index (κ1) is 25.6. The van der Waals surface area contributed by atoms with E-state index in [0.29, 0.717) is 6.61 Å². The predicted molar refractivity (Wildman–Crippen MR) is 126 cm³/mol. The van der Waals surface area contributed by atoms with Gasteiger partial charge in [-0.1, -0.05) is 51.3 Å². The quantitative estimate of drug-likeness (QED) is 0.536. The van der Waals surface area contributed by atoms with Crippen molar-refractivity contribution in [1.82, 2.24) is 14.9 Å². The third-order valence-electron chi connectivity index (χ3n) is 6.40. The van der Waals surface area contributed by atoms with E-state index >= 15 is 0 Å². The summed E-state index contributed by atoms with van der Waals surface area (Å²) in [5, 5.41) is 3.15. The van der Waals surface area contributed by atoms with Crippen LogP contribution in [-0.2, 0) is 24.3 Å². The first-order valence-corrected chi connectivity index (χ1v) is 13.5. The lowest BCUT2D eigenvalue weighted by Crippen LogP contribution is -2.57. The summed E-state index contributed by atoms with van der Waals surface area (Å²) < 4.78 is 33.4. The number of rotatable bonds is 10. The second-order valence-electron chi connectivity index (χ2n) is 9.35. The van der Waals surface area contributed by atoms with Gasteiger partial charge < -0.3 is 15.0 Å². The fourth-order valence-electron chi connectivity index (χ4n) is 4.66. The van der Waals surface area contributed by atoms with E-state index in [1.54, 1.807) is 18.2 Å². The summed E-state index contributed by atoms with van der Waals surface area (Å²) in [5.74, 6) is -0.735. The smallest absolute Gasteiger partial charge is 0.243 e. The van der Waals surface area contributed by atoms with Crippen LogP contribution in [0.15, 0.2) is 35.2 Å². The third-order valence-corrected chi connectivity index (χ3v) is 7.82. The summed E-state index contributed by atoms with van der Waals surface area (Å²) in [5.41, 5.74) is 0. The maximum atomic E-state index is 13.3. The van der Waals surface area contributed by atoms with Crippen molar-refractivity contribution in [2.75, 3.05) is 19.7 Å². The van der Waals surface area contributed by atoms with Crippen LogP contribution in [0.25, 0.3) is 0 Å². The topological polar surface area (TPSA) is 105 Å². The van der Waals surface area contributed by atoms with Crippen molar-refractivity contribution in [3.8, 4) is 0 Å². The van der Waals surface area contributed by atoms with Gasteiger partial charge in [0.2, 0.25) is 21.8 Å². The van der Waals surface area contributed by atoms with Crippen LogP contribution in [0, 0.1) is 5.92 Å². The van der Waals surface area contributed by atoms with E-state index in [1.165, 1.54) is 23.5 Å². The Labute approximate surface area is 197 Å².